The van der Waals surface area contributed by atoms with Crippen molar-refractivity contribution in [2.75, 3.05) is 11.9 Å². The van der Waals surface area contributed by atoms with Gasteiger partial charge in [0.15, 0.2) is 0 Å². The van der Waals surface area contributed by atoms with Crippen molar-refractivity contribution in [3.05, 3.63) is 33.4 Å². The molecule has 0 saturated heterocycles. The molecule has 0 amide bonds. The number of rotatable bonds is 5. The molecule has 2 rings (SSSR count). The fraction of sp³-hybridized carbons (Fsp3) is 0.571. The number of nitrogens with zero attached hydrogens (tertiary/aromatic N) is 1. The summed E-state index contributed by atoms with van der Waals surface area (Å²) in [6.45, 7) is 4.96. The number of quaternary nitrogens is 1. The van der Waals surface area contributed by atoms with Gasteiger partial charge in [-0.2, -0.15) is 0 Å². The lowest BCUT2D eigenvalue weighted by Gasteiger charge is -2.26. The number of aryl methyl sites for hydroxylation is 1. The minimum Gasteiger partial charge on any atom is -0.391 e. The Morgan fingerprint density at radius 3 is 2.90 bits per heavy atom. The maximum Gasteiger partial charge on any atom is 0.276 e. The molecule has 20 heavy (non-hydrogen) atoms. The van der Waals surface area contributed by atoms with Crippen molar-refractivity contribution in [2.24, 2.45) is 0 Å². The number of nitrogens with two attached hydrogens (primary N) is 1. The zero-order chi connectivity index (χ0) is 14.7. The quantitative estimate of drug-likeness (QED) is 0.549. The van der Waals surface area contributed by atoms with Crippen LogP contribution in [-0.2, 0) is 13.0 Å². The number of anilines is 1. The van der Waals surface area contributed by atoms with Gasteiger partial charge in [0.2, 0.25) is 0 Å². The molecule has 1 unspecified atom stereocenters. The molecule has 4 N–H and O–H groups in total. The topological polar surface area (TPSA) is 92.0 Å². The van der Waals surface area contributed by atoms with Crippen LogP contribution in [0, 0.1) is 10.1 Å². The summed E-state index contributed by atoms with van der Waals surface area (Å²) in [6, 6.07) is 4.19. The Balaban J connectivity index is 2.18. The van der Waals surface area contributed by atoms with Gasteiger partial charge < -0.3 is 15.7 Å². The molecule has 0 saturated carbocycles. The molecular formula is C14H22N3O3+. The van der Waals surface area contributed by atoms with Crippen molar-refractivity contribution in [1.29, 1.82) is 0 Å². The predicted octanol–water partition coefficient (Wildman–Crippen LogP) is 0.786. The fourth-order valence-corrected chi connectivity index (χ4v) is 2.56. The van der Waals surface area contributed by atoms with Crippen molar-refractivity contribution >= 4 is 11.4 Å². The van der Waals surface area contributed by atoms with Crippen LogP contribution < -0.4 is 10.6 Å². The second kappa shape index (κ2) is 6.19. The van der Waals surface area contributed by atoms with Gasteiger partial charge in [-0.25, -0.2) is 0 Å². The lowest BCUT2D eigenvalue weighted by Crippen LogP contribution is -2.90. The third-order valence-corrected chi connectivity index (χ3v) is 3.69. The molecule has 1 aromatic carbocycles. The molecule has 0 spiro atoms. The summed E-state index contributed by atoms with van der Waals surface area (Å²) < 4.78 is 0. The number of nitro benzene ring substituents is 1. The van der Waals surface area contributed by atoms with Crippen LogP contribution in [0.2, 0.25) is 0 Å². The highest BCUT2D eigenvalue weighted by molar-refractivity contribution is 5.62. The molecule has 1 heterocycles. The first-order valence-electron chi connectivity index (χ1n) is 7.02. The van der Waals surface area contributed by atoms with Crippen LogP contribution in [0.5, 0.6) is 0 Å². The highest BCUT2D eigenvalue weighted by Gasteiger charge is 2.24. The minimum atomic E-state index is -0.433. The molecule has 0 fully saturated rings. The van der Waals surface area contributed by atoms with Gasteiger partial charge in [-0.15, -0.1) is 0 Å². The van der Waals surface area contributed by atoms with Gasteiger partial charge in [-0.05, 0) is 38.3 Å². The Kier molecular flexibility index (Phi) is 4.57. The maximum absolute atomic E-state index is 11.0. The van der Waals surface area contributed by atoms with E-state index in [4.69, 9.17) is 0 Å². The normalized spacial score (nSPS) is 17.7. The number of hydrogen-bond donors (Lipinski definition) is 3. The van der Waals surface area contributed by atoms with Gasteiger partial charge in [-0.1, -0.05) is 0 Å². The predicted molar refractivity (Wildman–Crippen MR) is 76.7 cm³/mol. The van der Waals surface area contributed by atoms with Crippen LogP contribution in [0.1, 0.15) is 31.4 Å². The molecule has 6 nitrogen and oxygen atoms in total. The SMILES string of the molecule is CC(C)[NH2+]CC1CCc2cc(CO)c([N+](=O)[O-])cc2N1. The number of nitro groups is 1. The average molecular weight is 280 g/mol. The van der Waals surface area contributed by atoms with E-state index in [1.807, 2.05) is 0 Å². The van der Waals surface area contributed by atoms with Crippen molar-refractivity contribution in [3.63, 3.8) is 0 Å². The number of fused-ring (bicyclic) bond motifs is 1. The molecule has 0 bridgehead atoms. The molecule has 1 atom stereocenters. The molecule has 6 heteroatoms. The van der Waals surface area contributed by atoms with E-state index >= 15 is 0 Å². The summed E-state index contributed by atoms with van der Waals surface area (Å²) in [6.07, 6.45) is 1.91. The highest BCUT2D eigenvalue weighted by Crippen LogP contribution is 2.31. The van der Waals surface area contributed by atoms with E-state index in [0.717, 1.165) is 30.6 Å². The maximum atomic E-state index is 11.0. The lowest BCUT2D eigenvalue weighted by molar-refractivity contribution is -0.683. The summed E-state index contributed by atoms with van der Waals surface area (Å²) in [5, 5.41) is 25.9. The molecule has 0 aromatic heterocycles. The average Bonchev–Trinajstić information content (AvgIpc) is 2.43. The minimum absolute atomic E-state index is 0.00719. The number of nitrogens with one attached hydrogen (secondary N) is 1. The Morgan fingerprint density at radius 2 is 2.30 bits per heavy atom. The standard InChI is InChI=1S/C14H21N3O3/c1-9(2)15-7-12-4-3-10-5-11(8-18)14(17(19)20)6-13(10)16-12/h5-6,9,12,15-16,18H,3-4,7-8H2,1-2H3/p+1. The summed E-state index contributed by atoms with van der Waals surface area (Å²) in [5.41, 5.74) is 2.28. The summed E-state index contributed by atoms with van der Waals surface area (Å²) in [7, 11) is 0. The second-order valence-electron chi connectivity index (χ2n) is 5.65. The van der Waals surface area contributed by atoms with Crippen LogP contribution in [0.15, 0.2) is 12.1 Å². The van der Waals surface area contributed by atoms with Gasteiger partial charge >= 0.3 is 0 Å². The molecule has 1 aromatic rings. The summed E-state index contributed by atoms with van der Waals surface area (Å²) in [4.78, 5) is 10.6. The zero-order valence-corrected chi connectivity index (χ0v) is 11.9. The van der Waals surface area contributed by atoms with Crippen LogP contribution in [0.3, 0.4) is 0 Å². The van der Waals surface area contributed by atoms with Crippen LogP contribution in [-0.4, -0.2) is 28.7 Å². The highest BCUT2D eigenvalue weighted by atomic mass is 16.6. The lowest BCUT2D eigenvalue weighted by atomic mass is 9.95. The van der Waals surface area contributed by atoms with E-state index in [0.29, 0.717) is 17.6 Å². The van der Waals surface area contributed by atoms with Crippen LogP contribution in [0.4, 0.5) is 11.4 Å². The Labute approximate surface area is 118 Å². The van der Waals surface area contributed by atoms with Gasteiger partial charge in [0, 0.05) is 11.8 Å². The van der Waals surface area contributed by atoms with E-state index < -0.39 is 4.92 Å². The molecule has 110 valence electrons. The number of benzene rings is 1. The smallest absolute Gasteiger partial charge is 0.276 e. The number of hydrogen-bond acceptors (Lipinski definition) is 4. The van der Waals surface area contributed by atoms with Crippen LogP contribution >= 0.6 is 0 Å². The van der Waals surface area contributed by atoms with Crippen molar-refractivity contribution in [2.45, 2.75) is 45.4 Å². The first-order valence-corrected chi connectivity index (χ1v) is 7.02. The molecule has 0 radical (unpaired) electrons. The van der Waals surface area contributed by atoms with Gasteiger partial charge in [0.1, 0.15) is 0 Å². The van der Waals surface area contributed by atoms with Crippen molar-refractivity contribution < 1.29 is 15.3 Å². The van der Waals surface area contributed by atoms with Crippen LogP contribution in [0.25, 0.3) is 0 Å². The van der Waals surface area contributed by atoms with E-state index in [9.17, 15) is 15.2 Å². The largest absolute Gasteiger partial charge is 0.391 e. The van der Waals surface area contributed by atoms with Gasteiger partial charge in [0.05, 0.1) is 35.7 Å². The van der Waals surface area contributed by atoms with E-state index in [1.54, 1.807) is 12.1 Å². The molecule has 0 aliphatic carbocycles. The molecule has 1 aliphatic rings. The third-order valence-electron chi connectivity index (χ3n) is 3.69. The Morgan fingerprint density at radius 1 is 1.55 bits per heavy atom. The third kappa shape index (κ3) is 3.26. The number of aliphatic hydroxyl groups excluding tert-OH is 1. The molecular weight excluding hydrogens is 258 g/mol. The zero-order valence-electron chi connectivity index (χ0n) is 11.9. The van der Waals surface area contributed by atoms with E-state index in [2.05, 4.69) is 24.5 Å². The number of aliphatic hydroxyl groups is 1. The van der Waals surface area contributed by atoms with Gasteiger partial charge in [-0.3, -0.25) is 10.1 Å². The molecule has 1 aliphatic heterocycles. The first kappa shape index (κ1) is 14.7. The Hall–Kier alpha value is -1.66. The second-order valence-corrected chi connectivity index (χ2v) is 5.65. The van der Waals surface area contributed by atoms with Crippen molar-refractivity contribution in [1.82, 2.24) is 0 Å². The van der Waals surface area contributed by atoms with Crippen molar-refractivity contribution in [3.8, 4) is 0 Å². The summed E-state index contributed by atoms with van der Waals surface area (Å²) >= 11 is 0. The summed E-state index contributed by atoms with van der Waals surface area (Å²) in [5.74, 6) is 0. The van der Waals surface area contributed by atoms with Gasteiger partial charge in [0.25, 0.3) is 5.69 Å². The first-order chi connectivity index (χ1) is 9.51. The Bertz CT molecular complexity index is 503. The van der Waals surface area contributed by atoms with E-state index in [-0.39, 0.29) is 12.3 Å². The monoisotopic (exact) mass is 280 g/mol. The van der Waals surface area contributed by atoms with E-state index in [1.165, 1.54) is 0 Å². The fourth-order valence-electron chi connectivity index (χ4n) is 2.56.